The van der Waals surface area contributed by atoms with E-state index in [0.717, 1.165) is 0 Å². The summed E-state index contributed by atoms with van der Waals surface area (Å²) < 4.78 is 5.86. The zero-order valence-electron chi connectivity index (χ0n) is 14.3. The maximum atomic E-state index is 12.5. The van der Waals surface area contributed by atoms with Crippen molar-refractivity contribution in [3.63, 3.8) is 0 Å². The second kappa shape index (κ2) is 7.41. The molecule has 0 aliphatic heterocycles. The molecular weight excluding hydrogens is 376 g/mol. The molecule has 1 aromatic carbocycles. The Morgan fingerprint density at radius 1 is 1.44 bits per heavy atom. The molecule has 0 saturated carbocycles. The summed E-state index contributed by atoms with van der Waals surface area (Å²) in [7, 11) is 0. The van der Waals surface area contributed by atoms with Crippen molar-refractivity contribution in [2.24, 2.45) is 5.10 Å². The number of phenols is 1. The van der Waals surface area contributed by atoms with Gasteiger partial charge in [0, 0.05) is 10.6 Å². The number of carbonyl (C=O) groups excluding carboxylic acids is 1. The average molecular weight is 391 g/mol. The smallest absolute Gasteiger partial charge is 0.293 e. The molecule has 2 heterocycles. The van der Waals surface area contributed by atoms with Crippen molar-refractivity contribution in [1.29, 1.82) is 0 Å². The SMILES string of the molecule is CC(C)c1c(C(=O)NN=Cc2cc(Cl)ccc2O)nnn1-c1nonc1N. The Morgan fingerprint density at radius 2 is 2.22 bits per heavy atom. The summed E-state index contributed by atoms with van der Waals surface area (Å²) in [5.74, 6) is -0.614. The molecule has 12 heteroatoms. The van der Waals surface area contributed by atoms with Gasteiger partial charge in [-0.15, -0.1) is 5.10 Å². The molecule has 4 N–H and O–H groups in total. The molecule has 0 bridgehead atoms. The monoisotopic (exact) mass is 390 g/mol. The topological polar surface area (TPSA) is 157 Å². The van der Waals surface area contributed by atoms with Gasteiger partial charge in [-0.2, -0.15) is 9.78 Å². The third kappa shape index (κ3) is 3.72. The predicted octanol–water partition coefficient (Wildman–Crippen LogP) is 1.48. The van der Waals surface area contributed by atoms with Gasteiger partial charge in [-0.3, -0.25) is 4.79 Å². The molecule has 2 aromatic heterocycles. The minimum absolute atomic E-state index is 0.0169. The lowest BCUT2D eigenvalue weighted by atomic mass is 10.1. The van der Waals surface area contributed by atoms with Crippen molar-refractivity contribution in [1.82, 2.24) is 30.7 Å². The molecule has 0 aliphatic rings. The van der Waals surface area contributed by atoms with Crippen molar-refractivity contribution in [2.75, 3.05) is 5.73 Å². The molecule has 140 valence electrons. The van der Waals surface area contributed by atoms with E-state index in [0.29, 0.717) is 16.3 Å². The zero-order chi connectivity index (χ0) is 19.6. The number of anilines is 1. The number of amides is 1. The molecular formula is C15H15ClN8O3. The van der Waals surface area contributed by atoms with Crippen LogP contribution >= 0.6 is 11.6 Å². The highest BCUT2D eigenvalue weighted by molar-refractivity contribution is 6.30. The summed E-state index contributed by atoms with van der Waals surface area (Å²) in [6, 6.07) is 4.46. The van der Waals surface area contributed by atoms with E-state index in [1.807, 2.05) is 13.8 Å². The fourth-order valence-electron chi connectivity index (χ4n) is 2.31. The lowest BCUT2D eigenvalue weighted by Gasteiger charge is -2.08. The van der Waals surface area contributed by atoms with Crippen LogP contribution in [0.5, 0.6) is 5.75 Å². The number of hydrogen-bond donors (Lipinski definition) is 3. The molecule has 0 aliphatic carbocycles. The second-order valence-electron chi connectivity index (χ2n) is 5.77. The van der Waals surface area contributed by atoms with Gasteiger partial charge in [0.1, 0.15) is 5.75 Å². The van der Waals surface area contributed by atoms with Gasteiger partial charge in [0.25, 0.3) is 5.91 Å². The summed E-state index contributed by atoms with van der Waals surface area (Å²) in [4.78, 5) is 12.5. The van der Waals surface area contributed by atoms with Crippen LogP contribution in [0.2, 0.25) is 5.02 Å². The van der Waals surface area contributed by atoms with Crippen molar-refractivity contribution < 1.29 is 14.5 Å². The Labute approximate surface area is 157 Å². The van der Waals surface area contributed by atoms with E-state index >= 15 is 0 Å². The van der Waals surface area contributed by atoms with E-state index in [4.69, 9.17) is 17.3 Å². The van der Waals surface area contributed by atoms with Crippen molar-refractivity contribution >= 4 is 29.5 Å². The summed E-state index contributed by atoms with van der Waals surface area (Å²) in [6.45, 7) is 3.70. The second-order valence-corrected chi connectivity index (χ2v) is 6.20. The van der Waals surface area contributed by atoms with Crippen LogP contribution in [-0.2, 0) is 0 Å². The van der Waals surface area contributed by atoms with E-state index in [1.165, 1.54) is 29.1 Å². The number of rotatable bonds is 5. The molecule has 27 heavy (non-hydrogen) atoms. The predicted molar refractivity (Wildman–Crippen MR) is 95.9 cm³/mol. The lowest BCUT2D eigenvalue weighted by Crippen LogP contribution is -2.21. The molecule has 0 spiro atoms. The number of nitrogens with zero attached hydrogens (tertiary/aromatic N) is 6. The van der Waals surface area contributed by atoms with E-state index in [9.17, 15) is 9.90 Å². The van der Waals surface area contributed by atoms with Crippen LogP contribution in [0.4, 0.5) is 5.82 Å². The molecule has 1 amide bonds. The average Bonchev–Trinajstić information content (AvgIpc) is 3.23. The van der Waals surface area contributed by atoms with Crippen molar-refractivity contribution in [3.05, 3.63) is 40.2 Å². The Balaban J connectivity index is 1.85. The fraction of sp³-hybridized carbons (Fsp3) is 0.200. The van der Waals surface area contributed by atoms with Crippen LogP contribution in [0.25, 0.3) is 5.82 Å². The van der Waals surface area contributed by atoms with E-state index < -0.39 is 5.91 Å². The largest absolute Gasteiger partial charge is 0.507 e. The third-order valence-electron chi connectivity index (χ3n) is 3.52. The van der Waals surface area contributed by atoms with Gasteiger partial charge in [0.05, 0.1) is 11.9 Å². The molecule has 0 radical (unpaired) electrons. The van der Waals surface area contributed by atoms with Gasteiger partial charge >= 0.3 is 0 Å². The number of carbonyl (C=O) groups is 1. The number of hydrogen-bond acceptors (Lipinski definition) is 9. The highest BCUT2D eigenvalue weighted by Crippen LogP contribution is 2.23. The number of nitrogens with one attached hydrogen (secondary N) is 1. The summed E-state index contributed by atoms with van der Waals surface area (Å²) in [5, 5.41) is 28.9. The molecule has 0 saturated heterocycles. The van der Waals surface area contributed by atoms with Crippen molar-refractivity contribution in [3.8, 4) is 11.6 Å². The first-order valence-electron chi connectivity index (χ1n) is 7.74. The summed E-state index contributed by atoms with van der Waals surface area (Å²) in [6.07, 6.45) is 1.26. The maximum Gasteiger partial charge on any atom is 0.293 e. The molecule has 11 nitrogen and oxygen atoms in total. The van der Waals surface area contributed by atoms with Crippen LogP contribution < -0.4 is 11.2 Å². The van der Waals surface area contributed by atoms with Crippen molar-refractivity contribution in [2.45, 2.75) is 19.8 Å². The highest BCUT2D eigenvalue weighted by atomic mass is 35.5. The van der Waals surface area contributed by atoms with Crippen LogP contribution in [-0.4, -0.2) is 42.5 Å². The first-order chi connectivity index (χ1) is 12.9. The Morgan fingerprint density at radius 3 is 2.89 bits per heavy atom. The number of benzene rings is 1. The number of hydrazone groups is 1. The van der Waals surface area contributed by atoms with Crippen LogP contribution in [0, 0.1) is 0 Å². The Bertz CT molecular complexity index is 1010. The fourth-order valence-corrected chi connectivity index (χ4v) is 2.49. The molecule has 3 rings (SSSR count). The number of halogens is 1. The number of aromatic hydroxyl groups is 1. The van der Waals surface area contributed by atoms with Gasteiger partial charge in [-0.1, -0.05) is 30.7 Å². The zero-order valence-corrected chi connectivity index (χ0v) is 15.0. The standard InChI is InChI=1S/C15H15ClN8O3/c1-7(2)12-11(19-23-24(12)14-13(17)21-27-22-14)15(26)20-18-6-8-5-9(16)3-4-10(8)25/h3-7,25H,1-2H3,(H2,17,21)(H,20,26). The minimum atomic E-state index is -0.599. The minimum Gasteiger partial charge on any atom is -0.507 e. The van der Waals surface area contributed by atoms with Gasteiger partial charge in [0.15, 0.2) is 5.69 Å². The third-order valence-corrected chi connectivity index (χ3v) is 3.76. The summed E-state index contributed by atoms with van der Waals surface area (Å²) in [5.41, 5.74) is 8.86. The molecule has 3 aromatic rings. The lowest BCUT2D eigenvalue weighted by molar-refractivity contribution is 0.0948. The van der Waals surface area contributed by atoms with E-state index in [2.05, 4.69) is 35.8 Å². The Kier molecular flexibility index (Phi) is 5.03. The van der Waals surface area contributed by atoms with Crippen LogP contribution in [0.15, 0.2) is 27.9 Å². The highest BCUT2D eigenvalue weighted by Gasteiger charge is 2.25. The number of nitrogens with two attached hydrogens (primary N) is 1. The molecule has 0 fully saturated rings. The number of phenolic OH excluding ortho intramolecular Hbond substituents is 1. The van der Waals surface area contributed by atoms with Gasteiger partial charge in [-0.25, -0.2) is 10.1 Å². The van der Waals surface area contributed by atoms with Gasteiger partial charge in [-0.05, 0) is 34.4 Å². The first-order valence-corrected chi connectivity index (χ1v) is 8.12. The van der Waals surface area contributed by atoms with E-state index in [1.54, 1.807) is 0 Å². The van der Waals surface area contributed by atoms with E-state index in [-0.39, 0.29) is 29.0 Å². The van der Waals surface area contributed by atoms with Crippen LogP contribution in [0.1, 0.15) is 41.5 Å². The normalized spacial score (nSPS) is 11.4. The Hall–Kier alpha value is -3.47. The quantitative estimate of drug-likeness (QED) is 0.436. The molecule has 0 atom stereocenters. The first kappa shape index (κ1) is 18.3. The molecule has 0 unspecified atom stereocenters. The van der Waals surface area contributed by atoms with Gasteiger partial charge in [0.2, 0.25) is 11.6 Å². The van der Waals surface area contributed by atoms with Crippen LogP contribution in [0.3, 0.4) is 0 Å². The maximum absolute atomic E-state index is 12.5. The van der Waals surface area contributed by atoms with Gasteiger partial charge < -0.3 is 10.8 Å². The number of aromatic nitrogens is 5. The summed E-state index contributed by atoms with van der Waals surface area (Å²) >= 11 is 5.86. The number of nitrogen functional groups attached to an aromatic ring is 1.